The van der Waals surface area contributed by atoms with Crippen LogP contribution in [0, 0.1) is 4.77 Å². The van der Waals surface area contributed by atoms with E-state index in [9.17, 15) is 0 Å². The molecule has 4 aromatic rings. The Morgan fingerprint density at radius 2 is 2.10 bits per heavy atom. The maximum atomic E-state index is 5.43. The molecule has 102 valence electrons. The monoisotopic (exact) mass is 310 g/mol. The molecule has 0 bridgehead atoms. The quantitative estimate of drug-likeness (QED) is 0.564. The van der Waals surface area contributed by atoms with Crippen molar-refractivity contribution in [2.75, 3.05) is 0 Å². The molecule has 3 aromatic heterocycles. The number of hydrogen-bond acceptors (Lipinski definition) is 4. The number of H-pyrrole nitrogens is 1. The molecule has 0 amide bonds. The fourth-order valence-corrected chi connectivity index (χ4v) is 3.33. The average molecular weight is 310 g/mol. The minimum Gasteiger partial charge on any atom is -0.267 e. The molecule has 1 aromatic carbocycles. The van der Waals surface area contributed by atoms with Crippen LogP contribution in [0.15, 0.2) is 54.2 Å². The summed E-state index contributed by atoms with van der Waals surface area (Å²) in [5, 5.41) is 11.5. The first-order valence-corrected chi connectivity index (χ1v) is 7.68. The van der Waals surface area contributed by atoms with E-state index in [-0.39, 0.29) is 0 Å². The highest BCUT2D eigenvalue weighted by Crippen LogP contribution is 2.28. The predicted molar refractivity (Wildman–Crippen MR) is 87.4 cm³/mol. The summed E-state index contributed by atoms with van der Waals surface area (Å²) in [7, 11) is 0. The summed E-state index contributed by atoms with van der Waals surface area (Å²) >= 11 is 7.07. The molecule has 0 saturated carbocycles. The number of rotatable bonds is 2. The van der Waals surface area contributed by atoms with Gasteiger partial charge in [0.05, 0.1) is 10.6 Å². The van der Waals surface area contributed by atoms with E-state index in [1.807, 2.05) is 52.5 Å². The fraction of sp³-hybridized carbons (Fsp3) is 0. The minimum absolute atomic E-state index is 0.586. The van der Waals surface area contributed by atoms with Crippen LogP contribution in [-0.2, 0) is 0 Å². The van der Waals surface area contributed by atoms with Crippen molar-refractivity contribution in [3.63, 3.8) is 0 Å². The third-order valence-corrected chi connectivity index (χ3v) is 4.45. The zero-order valence-electron chi connectivity index (χ0n) is 10.9. The normalized spacial score (nSPS) is 11.0. The number of thiophene rings is 1. The third-order valence-electron chi connectivity index (χ3n) is 3.31. The molecule has 0 atom stereocenters. The van der Waals surface area contributed by atoms with Crippen LogP contribution in [0.4, 0.5) is 0 Å². The Morgan fingerprint density at radius 3 is 2.95 bits per heavy atom. The first-order valence-electron chi connectivity index (χ1n) is 6.39. The lowest BCUT2D eigenvalue weighted by Crippen LogP contribution is -1.98. The molecule has 6 heteroatoms. The first-order chi connectivity index (χ1) is 10.3. The van der Waals surface area contributed by atoms with Crippen LogP contribution in [0.25, 0.3) is 27.2 Å². The number of pyridine rings is 1. The highest BCUT2D eigenvalue weighted by atomic mass is 32.1. The molecule has 1 N–H and O–H groups in total. The van der Waals surface area contributed by atoms with Gasteiger partial charge in [0.1, 0.15) is 0 Å². The van der Waals surface area contributed by atoms with Gasteiger partial charge in [-0.05, 0) is 35.8 Å². The van der Waals surface area contributed by atoms with Crippen LogP contribution in [0.1, 0.15) is 0 Å². The summed E-state index contributed by atoms with van der Waals surface area (Å²) in [6.07, 6.45) is 3.65. The van der Waals surface area contributed by atoms with Crippen LogP contribution in [-0.4, -0.2) is 19.7 Å². The molecule has 0 radical (unpaired) electrons. The van der Waals surface area contributed by atoms with Crippen molar-refractivity contribution < 1.29 is 0 Å². The molecular weight excluding hydrogens is 300 g/mol. The van der Waals surface area contributed by atoms with E-state index in [0.29, 0.717) is 4.77 Å². The molecule has 21 heavy (non-hydrogen) atoms. The standard InChI is InChI=1S/C15H10N4S2/c20-15-18-17-14(13-5-2-8-21-13)19(15)12-4-1-3-10-9-16-7-6-11(10)12/h1-9H,(H,18,20). The van der Waals surface area contributed by atoms with E-state index in [4.69, 9.17) is 12.2 Å². The van der Waals surface area contributed by atoms with Crippen molar-refractivity contribution >= 4 is 34.3 Å². The van der Waals surface area contributed by atoms with E-state index < -0.39 is 0 Å². The number of aromatic amines is 1. The average Bonchev–Trinajstić information content (AvgIpc) is 3.16. The summed E-state index contributed by atoms with van der Waals surface area (Å²) in [5.74, 6) is 0.833. The first kappa shape index (κ1) is 12.4. The minimum atomic E-state index is 0.586. The number of hydrogen-bond donors (Lipinski definition) is 1. The maximum absolute atomic E-state index is 5.43. The van der Waals surface area contributed by atoms with Crippen molar-refractivity contribution in [1.29, 1.82) is 0 Å². The number of fused-ring (bicyclic) bond motifs is 1. The lowest BCUT2D eigenvalue weighted by atomic mass is 10.1. The Kier molecular flexibility index (Phi) is 2.90. The van der Waals surface area contributed by atoms with Crippen LogP contribution in [0.5, 0.6) is 0 Å². The summed E-state index contributed by atoms with van der Waals surface area (Å²) in [6.45, 7) is 0. The topological polar surface area (TPSA) is 46.5 Å². The van der Waals surface area contributed by atoms with Crippen LogP contribution in [0.3, 0.4) is 0 Å². The Hall–Kier alpha value is -2.31. The smallest absolute Gasteiger partial charge is 0.200 e. The Morgan fingerprint density at radius 1 is 1.14 bits per heavy atom. The van der Waals surface area contributed by atoms with Gasteiger partial charge in [0.15, 0.2) is 10.6 Å². The second-order valence-corrected chi connectivity index (χ2v) is 5.87. The lowest BCUT2D eigenvalue weighted by molar-refractivity contribution is 1.05. The summed E-state index contributed by atoms with van der Waals surface area (Å²) in [6, 6.07) is 12.1. The van der Waals surface area contributed by atoms with Gasteiger partial charge in [-0.1, -0.05) is 18.2 Å². The zero-order valence-corrected chi connectivity index (χ0v) is 12.5. The van der Waals surface area contributed by atoms with E-state index in [1.165, 1.54) is 0 Å². The second kappa shape index (κ2) is 4.91. The van der Waals surface area contributed by atoms with Crippen molar-refractivity contribution in [2.24, 2.45) is 0 Å². The Labute approximate surface area is 129 Å². The van der Waals surface area contributed by atoms with Gasteiger partial charge in [0.2, 0.25) is 0 Å². The van der Waals surface area contributed by atoms with Crippen LogP contribution < -0.4 is 0 Å². The zero-order chi connectivity index (χ0) is 14.2. The lowest BCUT2D eigenvalue weighted by Gasteiger charge is -2.09. The molecule has 0 fully saturated rings. The molecule has 4 rings (SSSR count). The Bertz CT molecular complexity index is 961. The number of nitrogens with one attached hydrogen (secondary N) is 1. The highest BCUT2D eigenvalue weighted by Gasteiger charge is 2.13. The second-order valence-electron chi connectivity index (χ2n) is 4.54. The van der Waals surface area contributed by atoms with Crippen LogP contribution >= 0.6 is 23.6 Å². The van der Waals surface area contributed by atoms with Crippen molar-refractivity contribution in [3.8, 4) is 16.4 Å². The van der Waals surface area contributed by atoms with E-state index >= 15 is 0 Å². The van der Waals surface area contributed by atoms with E-state index in [2.05, 4.69) is 15.2 Å². The summed E-state index contributed by atoms with van der Waals surface area (Å²) in [4.78, 5) is 5.25. The molecule has 0 aliphatic heterocycles. The molecule has 0 saturated heterocycles. The van der Waals surface area contributed by atoms with Gasteiger partial charge >= 0.3 is 0 Å². The molecule has 3 heterocycles. The van der Waals surface area contributed by atoms with Gasteiger partial charge < -0.3 is 0 Å². The van der Waals surface area contributed by atoms with Crippen molar-refractivity contribution in [1.82, 2.24) is 19.7 Å². The van der Waals surface area contributed by atoms with Crippen molar-refractivity contribution in [3.05, 3.63) is 58.9 Å². The predicted octanol–water partition coefficient (Wildman–Crippen LogP) is 4.21. The fourth-order valence-electron chi connectivity index (χ4n) is 2.39. The van der Waals surface area contributed by atoms with Gasteiger partial charge in [-0.2, -0.15) is 5.10 Å². The van der Waals surface area contributed by atoms with Gasteiger partial charge in [0, 0.05) is 23.2 Å². The highest BCUT2D eigenvalue weighted by molar-refractivity contribution is 7.71. The third kappa shape index (κ3) is 2.00. The summed E-state index contributed by atoms with van der Waals surface area (Å²) in [5.41, 5.74) is 1.01. The van der Waals surface area contributed by atoms with E-state index in [0.717, 1.165) is 27.2 Å². The van der Waals surface area contributed by atoms with Gasteiger partial charge in [-0.3, -0.25) is 14.6 Å². The largest absolute Gasteiger partial charge is 0.267 e. The van der Waals surface area contributed by atoms with Crippen molar-refractivity contribution in [2.45, 2.75) is 0 Å². The summed E-state index contributed by atoms with van der Waals surface area (Å²) < 4.78 is 2.56. The molecule has 4 nitrogen and oxygen atoms in total. The SMILES string of the molecule is S=c1[nH]nc(-c2cccs2)n1-c1cccc2cnccc12. The number of benzene rings is 1. The molecule has 0 unspecified atom stereocenters. The Balaban J connectivity index is 2.06. The van der Waals surface area contributed by atoms with Gasteiger partial charge in [-0.15, -0.1) is 11.3 Å². The van der Waals surface area contributed by atoms with Crippen LogP contribution in [0.2, 0.25) is 0 Å². The van der Waals surface area contributed by atoms with Gasteiger partial charge in [0.25, 0.3) is 0 Å². The van der Waals surface area contributed by atoms with Gasteiger partial charge in [-0.25, -0.2) is 0 Å². The maximum Gasteiger partial charge on any atom is 0.200 e. The number of aromatic nitrogens is 4. The molecular formula is C15H10N4S2. The number of nitrogens with zero attached hydrogens (tertiary/aromatic N) is 3. The molecule has 0 aliphatic carbocycles. The molecule has 0 aliphatic rings. The van der Waals surface area contributed by atoms with E-state index in [1.54, 1.807) is 17.5 Å². The molecule has 0 spiro atoms.